The van der Waals surface area contributed by atoms with Crippen molar-refractivity contribution in [3.63, 3.8) is 0 Å². The van der Waals surface area contributed by atoms with Gasteiger partial charge in [0.25, 0.3) is 0 Å². The van der Waals surface area contributed by atoms with Crippen LogP contribution in [0.25, 0.3) is 0 Å². The van der Waals surface area contributed by atoms with Crippen molar-refractivity contribution in [3.05, 3.63) is 28.2 Å². The fourth-order valence-corrected chi connectivity index (χ4v) is 2.59. The van der Waals surface area contributed by atoms with Gasteiger partial charge in [0.05, 0.1) is 6.54 Å². The predicted octanol–water partition coefficient (Wildman–Crippen LogP) is 2.36. The molecule has 0 spiro atoms. The maximum atomic E-state index is 11.8. The first kappa shape index (κ1) is 15.9. The number of rotatable bonds is 6. The topological polar surface area (TPSA) is 58.4 Å². The van der Waals surface area contributed by atoms with Crippen LogP contribution in [-0.4, -0.2) is 35.4 Å². The molecule has 0 heterocycles. The summed E-state index contributed by atoms with van der Waals surface area (Å²) >= 11 is 8.34. The molecule has 1 amide bonds. The summed E-state index contributed by atoms with van der Waals surface area (Å²) in [6, 6.07) is 5.55. The Labute approximate surface area is 127 Å². The SMILES string of the molecule is CCN(CC)C(=O)CNc1ccc(C(N)=S)c(Br)c1. The molecule has 0 unspecified atom stereocenters. The lowest BCUT2D eigenvalue weighted by atomic mass is 10.2. The van der Waals surface area contributed by atoms with E-state index in [0.29, 0.717) is 4.99 Å². The van der Waals surface area contributed by atoms with Crippen LogP contribution in [0.4, 0.5) is 5.69 Å². The van der Waals surface area contributed by atoms with Crippen LogP contribution >= 0.6 is 28.1 Å². The number of nitrogens with two attached hydrogens (primary N) is 1. The first-order valence-electron chi connectivity index (χ1n) is 6.10. The van der Waals surface area contributed by atoms with Crippen LogP contribution in [0.15, 0.2) is 22.7 Å². The largest absolute Gasteiger partial charge is 0.389 e. The molecule has 0 saturated heterocycles. The van der Waals surface area contributed by atoms with Crippen molar-refractivity contribution in [3.8, 4) is 0 Å². The molecule has 3 N–H and O–H groups in total. The molecule has 19 heavy (non-hydrogen) atoms. The molecule has 1 aromatic rings. The number of hydrogen-bond donors (Lipinski definition) is 2. The van der Waals surface area contributed by atoms with Crippen molar-refractivity contribution >= 4 is 44.7 Å². The van der Waals surface area contributed by atoms with Gasteiger partial charge in [0.2, 0.25) is 5.91 Å². The Morgan fingerprint density at radius 3 is 2.53 bits per heavy atom. The molecule has 0 bridgehead atoms. The van der Waals surface area contributed by atoms with E-state index in [1.54, 1.807) is 4.90 Å². The summed E-state index contributed by atoms with van der Waals surface area (Å²) in [5.74, 6) is 0.0829. The molecule has 1 aromatic carbocycles. The van der Waals surface area contributed by atoms with Gasteiger partial charge in [-0.3, -0.25) is 4.79 Å². The van der Waals surface area contributed by atoms with Gasteiger partial charge in [0.15, 0.2) is 0 Å². The van der Waals surface area contributed by atoms with Crippen LogP contribution in [0.2, 0.25) is 0 Å². The molecule has 0 aliphatic carbocycles. The molecule has 0 aliphatic heterocycles. The first-order valence-corrected chi connectivity index (χ1v) is 7.30. The van der Waals surface area contributed by atoms with Crippen LogP contribution in [0.5, 0.6) is 0 Å². The molecule has 0 aromatic heterocycles. The van der Waals surface area contributed by atoms with Gasteiger partial charge in [-0.05, 0) is 48.0 Å². The van der Waals surface area contributed by atoms with Gasteiger partial charge < -0.3 is 16.0 Å². The smallest absolute Gasteiger partial charge is 0.241 e. The van der Waals surface area contributed by atoms with Crippen molar-refractivity contribution in [2.24, 2.45) is 5.73 Å². The highest BCUT2D eigenvalue weighted by Crippen LogP contribution is 2.21. The standard InChI is InChI=1S/C13H18BrN3OS/c1-3-17(4-2)12(18)8-16-9-5-6-10(13(15)19)11(14)7-9/h5-7,16H,3-4,8H2,1-2H3,(H2,15,19). The zero-order valence-corrected chi connectivity index (χ0v) is 13.5. The normalized spacial score (nSPS) is 10.1. The number of carbonyl (C=O) groups excluding carboxylic acids is 1. The van der Waals surface area contributed by atoms with Crippen LogP contribution in [0.3, 0.4) is 0 Å². The van der Waals surface area contributed by atoms with Gasteiger partial charge in [-0.1, -0.05) is 12.2 Å². The van der Waals surface area contributed by atoms with E-state index in [9.17, 15) is 4.79 Å². The van der Waals surface area contributed by atoms with Crippen LogP contribution in [0.1, 0.15) is 19.4 Å². The maximum Gasteiger partial charge on any atom is 0.241 e. The Balaban J connectivity index is 2.66. The van der Waals surface area contributed by atoms with Gasteiger partial charge in [-0.15, -0.1) is 0 Å². The van der Waals surface area contributed by atoms with E-state index in [2.05, 4.69) is 21.2 Å². The molecule has 1 rings (SSSR count). The van der Waals surface area contributed by atoms with Crippen molar-refractivity contribution in [1.82, 2.24) is 4.90 Å². The van der Waals surface area contributed by atoms with Crippen LogP contribution in [0, 0.1) is 0 Å². The van der Waals surface area contributed by atoms with E-state index >= 15 is 0 Å². The lowest BCUT2D eigenvalue weighted by Gasteiger charge is -2.19. The fourth-order valence-electron chi connectivity index (χ4n) is 1.69. The Hall–Kier alpha value is -1.14. The second kappa shape index (κ2) is 7.45. The second-order valence-corrected chi connectivity index (χ2v) is 5.27. The Morgan fingerprint density at radius 1 is 1.42 bits per heavy atom. The fraction of sp³-hybridized carbons (Fsp3) is 0.385. The zero-order valence-electron chi connectivity index (χ0n) is 11.1. The van der Waals surface area contributed by atoms with E-state index in [-0.39, 0.29) is 12.5 Å². The third-order valence-corrected chi connectivity index (χ3v) is 3.67. The number of amides is 1. The zero-order chi connectivity index (χ0) is 14.4. The van der Waals surface area contributed by atoms with E-state index in [1.165, 1.54) is 0 Å². The number of thiocarbonyl (C=S) groups is 1. The molecule has 104 valence electrons. The molecule has 0 aliphatic rings. The summed E-state index contributed by atoms with van der Waals surface area (Å²) in [7, 11) is 0. The lowest BCUT2D eigenvalue weighted by molar-refractivity contribution is -0.128. The predicted molar refractivity (Wildman–Crippen MR) is 86.4 cm³/mol. The second-order valence-electron chi connectivity index (χ2n) is 3.98. The quantitative estimate of drug-likeness (QED) is 0.778. The highest BCUT2D eigenvalue weighted by Gasteiger charge is 2.09. The highest BCUT2D eigenvalue weighted by atomic mass is 79.9. The molecule has 0 atom stereocenters. The molecule has 0 saturated carbocycles. The summed E-state index contributed by atoms with van der Waals surface area (Å²) in [6.45, 7) is 5.66. The third kappa shape index (κ3) is 4.47. The number of carbonyl (C=O) groups is 1. The van der Waals surface area contributed by atoms with Crippen molar-refractivity contribution < 1.29 is 4.79 Å². The Bertz CT molecular complexity index is 475. The van der Waals surface area contributed by atoms with E-state index in [0.717, 1.165) is 28.8 Å². The number of nitrogens with zero attached hydrogens (tertiary/aromatic N) is 1. The number of anilines is 1. The molecule has 4 nitrogen and oxygen atoms in total. The Morgan fingerprint density at radius 2 is 2.05 bits per heavy atom. The van der Waals surface area contributed by atoms with E-state index in [4.69, 9.17) is 18.0 Å². The number of likely N-dealkylation sites (N-methyl/N-ethyl adjacent to an activating group) is 1. The number of hydrogen-bond acceptors (Lipinski definition) is 3. The minimum absolute atomic E-state index is 0.0829. The van der Waals surface area contributed by atoms with Crippen molar-refractivity contribution in [1.29, 1.82) is 0 Å². The van der Waals surface area contributed by atoms with Crippen molar-refractivity contribution in [2.75, 3.05) is 25.0 Å². The van der Waals surface area contributed by atoms with Gasteiger partial charge >= 0.3 is 0 Å². The average Bonchev–Trinajstić information content (AvgIpc) is 2.37. The van der Waals surface area contributed by atoms with Gasteiger partial charge in [-0.2, -0.15) is 0 Å². The highest BCUT2D eigenvalue weighted by molar-refractivity contribution is 9.10. The number of halogens is 1. The van der Waals surface area contributed by atoms with E-state index < -0.39 is 0 Å². The molecule has 0 radical (unpaired) electrons. The monoisotopic (exact) mass is 343 g/mol. The molecular weight excluding hydrogens is 326 g/mol. The Kier molecular flexibility index (Phi) is 6.24. The minimum atomic E-state index is 0.0829. The molecular formula is C13H18BrN3OS. The third-order valence-electron chi connectivity index (χ3n) is 2.79. The summed E-state index contributed by atoms with van der Waals surface area (Å²) in [5.41, 5.74) is 7.22. The lowest BCUT2D eigenvalue weighted by Crippen LogP contribution is -2.35. The summed E-state index contributed by atoms with van der Waals surface area (Å²) in [5, 5.41) is 3.10. The summed E-state index contributed by atoms with van der Waals surface area (Å²) in [4.78, 5) is 14.0. The molecule has 0 fully saturated rings. The van der Waals surface area contributed by atoms with Gasteiger partial charge in [-0.25, -0.2) is 0 Å². The molecule has 6 heteroatoms. The summed E-state index contributed by atoms with van der Waals surface area (Å²) in [6.07, 6.45) is 0. The van der Waals surface area contributed by atoms with Crippen LogP contribution < -0.4 is 11.1 Å². The summed E-state index contributed by atoms with van der Waals surface area (Å²) < 4.78 is 0.820. The maximum absolute atomic E-state index is 11.8. The van der Waals surface area contributed by atoms with Crippen LogP contribution in [-0.2, 0) is 4.79 Å². The number of benzene rings is 1. The number of nitrogens with one attached hydrogen (secondary N) is 1. The minimum Gasteiger partial charge on any atom is -0.389 e. The average molecular weight is 344 g/mol. The van der Waals surface area contributed by atoms with Crippen molar-refractivity contribution in [2.45, 2.75) is 13.8 Å². The first-order chi connectivity index (χ1) is 8.99. The van der Waals surface area contributed by atoms with E-state index in [1.807, 2.05) is 32.0 Å². The van der Waals surface area contributed by atoms with Gasteiger partial charge in [0.1, 0.15) is 4.99 Å². The van der Waals surface area contributed by atoms with Gasteiger partial charge in [0, 0.05) is 28.8 Å².